The van der Waals surface area contributed by atoms with E-state index in [9.17, 15) is 4.39 Å². The standard InChI is InChI=1S/C16H25FN2O/c1-20-15-10-9-13(11-14(15)17)16(19-18)12-7-5-3-2-4-6-8-12/h9-12,16,19H,2-8,18H2,1H3. The van der Waals surface area contributed by atoms with E-state index < -0.39 is 0 Å². The molecule has 1 aromatic carbocycles. The van der Waals surface area contributed by atoms with E-state index in [0.717, 1.165) is 18.4 Å². The number of hydrogen-bond donors (Lipinski definition) is 2. The van der Waals surface area contributed by atoms with Gasteiger partial charge in [0.1, 0.15) is 0 Å². The Morgan fingerprint density at radius 2 is 1.85 bits per heavy atom. The number of hydrazine groups is 1. The Hall–Kier alpha value is -1.13. The first-order chi connectivity index (χ1) is 9.76. The Balaban J connectivity index is 2.15. The van der Waals surface area contributed by atoms with Crippen molar-refractivity contribution in [3.05, 3.63) is 29.6 Å². The van der Waals surface area contributed by atoms with Gasteiger partial charge in [-0.25, -0.2) is 4.39 Å². The second-order valence-corrected chi connectivity index (χ2v) is 5.64. The lowest BCUT2D eigenvalue weighted by molar-refractivity contribution is 0.289. The maximum Gasteiger partial charge on any atom is 0.165 e. The predicted molar refractivity (Wildman–Crippen MR) is 78.8 cm³/mol. The molecule has 2 rings (SSSR count). The second kappa shape index (κ2) is 7.60. The van der Waals surface area contributed by atoms with Crippen molar-refractivity contribution < 1.29 is 9.13 Å². The van der Waals surface area contributed by atoms with Crippen LogP contribution in [0.3, 0.4) is 0 Å². The van der Waals surface area contributed by atoms with E-state index in [1.54, 1.807) is 12.1 Å². The molecule has 0 aromatic heterocycles. The molecule has 3 nitrogen and oxygen atoms in total. The molecular weight excluding hydrogens is 255 g/mol. The minimum atomic E-state index is -0.323. The van der Waals surface area contributed by atoms with Crippen LogP contribution in [0.1, 0.15) is 56.6 Å². The van der Waals surface area contributed by atoms with Gasteiger partial charge in [-0.3, -0.25) is 11.3 Å². The molecule has 0 bridgehead atoms. The maximum atomic E-state index is 13.9. The van der Waals surface area contributed by atoms with Crippen molar-refractivity contribution in [1.29, 1.82) is 0 Å². The second-order valence-electron chi connectivity index (χ2n) is 5.64. The summed E-state index contributed by atoms with van der Waals surface area (Å²) in [4.78, 5) is 0. The summed E-state index contributed by atoms with van der Waals surface area (Å²) in [6.07, 6.45) is 8.72. The van der Waals surface area contributed by atoms with E-state index in [1.165, 1.54) is 39.2 Å². The highest BCUT2D eigenvalue weighted by molar-refractivity contribution is 5.31. The van der Waals surface area contributed by atoms with Gasteiger partial charge in [0.2, 0.25) is 0 Å². The molecule has 1 atom stereocenters. The molecule has 0 heterocycles. The van der Waals surface area contributed by atoms with Crippen LogP contribution in [0, 0.1) is 11.7 Å². The molecule has 20 heavy (non-hydrogen) atoms. The van der Waals surface area contributed by atoms with Crippen LogP contribution in [0.25, 0.3) is 0 Å². The lowest BCUT2D eigenvalue weighted by atomic mass is 9.83. The molecule has 0 saturated heterocycles. The minimum Gasteiger partial charge on any atom is -0.494 e. The van der Waals surface area contributed by atoms with Crippen LogP contribution in [0.2, 0.25) is 0 Å². The van der Waals surface area contributed by atoms with Gasteiger partial charge < -0.3 is 4.74 Å². The van der Waals surface area contributed by atoms with E-state index in [2.05, 4.69) is 5.43 Å². The largest absolute Gasteiger partial charge is 0.494 e. The third kappa shape index (κ3) is 3.70. The molecule has 4 heteroatoms. The summed E-state index contributed by atoms with van der Waals surface area (Å²) in [7, 11) is 1.48. The van der Waals surface area contributed by atoms with Crippen LogP contribution in [0.15, 0.2) is 18.2 Å². The zero-order valence-corrected chi connectivity index (χ0v) is 12.2. The molecular formula is C16H25FN2O. The fourth-order valence-corrected chi connectivity index (χ4v) is 3.20. The Labute approximate surface area is 120 Å². The topological polar surface area (TPSA) is 47.3 Å². The van der Waals surface area contributed by atoms with Crippen molar-refractivity contribution >= 4 is 0 Å². The molecule has 0 radical (unpaired) electrons. The molecule has 1 saturated carbocycles. The summed E-state index contributed by atoms with van der Waals surface area (Å²) >= 11 is 0. The lowest BCUT2D eigenvalue weighted by Crippen LogP contribution is -2.34. The number of halogens is 1. The Bertz CT molecular complexity index is 417. The monoisotopic (exact) mass is 280 g/mol. The summed E-state index contributed by atoms with van der Waals surface area (Å²) in [5.41, 5.74) is 3.81. The first-order valence-electron chi connectivity index (χ1n) is 7.56. The molecule has 0 spiro atoms. The highest BCUT2D eigenvalue weighted by Crippen LogP contribution is 2.33. The molecule has 1 aliphatic carbocycles. The quantitative estimate of drug-likeness (QED) is 0.653. The van der Waals surface area contributed by atoms with Gasteiger partial charge in [0, 0.05) is 6.04 Å². The van der Waals surface area contributed by atoms with Crippen molar-refractivity contribution in [2.24, 2.45) is 11.8 Å². The zero-order chi connectivity index (χ0) is 14.4. The summed E-state index contributed by atoms with van der Waals surface area (Å²) in [6.45, 7) is 0. The highest BCUT2D eigenvalue weighted by Gasteiger charge is 2.23. The smallest absolute Gasteiger partial charge is 0.165 e. The number of benzene rings is 1. The summed E-state index contributed by atoms with van der Waals surface area (Å²) in [5.74, 6) is 6.18. The molecule has 1 aliphatic rings. The van der Waals surface area contributed by atoms with Gasteiger partial charge in [-0.05, 0) is 36.5 Å². The van der Waals surface area contributed by atoms with Crippen LogP contribution in [0.4, 0.5) is 4.39 Å². The fourth-order valence-electron chi connectivity index (χ4n) is 3.20. The van der Waals surface area contributed by atoms with Crippen LogP contribution < -0.4 is 16.0 Å². The van der Waals surface area contributed by atoms with Crippen LogP contribution in [-0.4, -0.2) is 7.11 Å². The van der Waals surface area contributed by atoms with E-state index in [4.69, 9.17) is 10.6 Å². The van der Waals surface area contributed by atoms with E-state index in [-0.39, 0.29) is 17.6 Å². The summed E-state index contributed by atoms with van der Waals surface area (Å²) in [6, 6.07) is 5.15. The van der Waals surface area contributed by atoms with Gasteiger partial charge in [-0.1, -0.05) is 38.2 Å². The molecule has 0 amide bonds. The molecule has 3 N–H and O–H groups in total. The Morgan fingerprint density at radius 3 is 2.40 bits per heavy atom. The van der Waals surface area contributed by atoms with Crippen molar-refractivity contribution in [1.82, 2.24) is 5.43 Å². The van der Waals surface area contributed by atoms with Crippen molar-refractivity contribution in [2.45, 2.75) is 51.0 Å². The molecule has 1 fully saturated rings. The maximum absolute atomic E-state index is 13.9. The Kier molecular flexibility index (Phi) is 5.80. The van der Waals surface area contributed by atoms with E-state index in [0.29, 0.717) is 5.92 Å². The van der Waals surface area contributed by atoms with Crippen LogP contribution >= 0.6 is 0 Å². The van der Waals surface area contributed by atoms with Crippen molar-refractivity contribution in [3.63, 3.8) is 0 Å². The van der Waals surface area contributed by atoms with Crippen LogP contribution in [0.5, 0.6) is 5.75 Å². The zero-order valence-electron chi connectivity index (χ0n) is 12.2. The normalized spacial score (nSPS) is 19.1. The minimum absolute atomic E-state index is 0.0218. The predicted octanol–water partition coefficient (Wildman–Crippen LogP) is 3.70. The number of methoxy groups -OCH3 is 1. The average molecular weight is 280 g/mol. The first kappa shape index (κ1) is 15.3. The number of hydrogen-bond acceptors (Lipinski definition) is 3. The van der Waals surface area contributed by atoms with Gasteiger partial charge in [-0.15, -0.1) is 0 Å². The molecule has 0 aliphatic heterocycles. The highest BCUT2D eigenvalue weighted by atomic mass is 19.1. The van der Waals surface area contributed by atoms with E-state index in [1.807, 2.05) is 6.07 Å². The van der Waals surface area contributed by atoms with Gasteiger partial charge in [0.15, 0.2) is 11.6 Å². The third-order valence-electron chi connectivity index (χ3n) is 4.34. The van der Waals surface area contributed by atoms with Gasteiger partial charge >= 0.3 is 0 Å². The Morgan fingerprint density at radius 1 is 1.20 bits per heavy atom. The summed E-state index contributed by atoms with van der Waals surface area (Å²) in [5, 5.41) is 0. The van der Waals surface area contributed by atoms with Gasteiger partial charge in [-0.2, -0.15) is 0 Å². The van der Waals surface area contributed by atoms with Crippen molar-refractivity contribution in [2.75, 3.05) is 7.11 Å². The number of nitrogens with one attached hydrogen (secondary N) is 1. The number of nitrogens with two attached hydrogens (primary N) is 1. The lowest BCUT2D eigenvalue weighted by Gasteiger charge is -2.28. The number of rotatable bonds is 4. The summed E-state index contributed by atoms with van der Waals surface area (Å²) < 4.78 is 18.8. The molecule has 112 valence electrons. The van der Waals surface area contributed by atoms with Crippen LogP contribution in [-0.2, 0) is 0 Å². The van der Waals surface area contributed by atoms with Crippen molar-refractivity contribution in [3.8, 4) is 5.75 Å². The van der Waals surface area contributed by atoms with Gasteiger partial charge in [0.05, 0.1) is 7.11 Å². The average Bonchev–Trinajstić information content (AvgIpc) is 2.42. The number of ether oxygens (including phenoxy) is 1. The van der Waals surface area contributed by atoms with E-state index >= 15 is 0 Å². The fraction of sp³-hybridized carbons (Fsp3) is 0.625. The van der Waals surface area contributed by atoms with Gasteiger partial charge in [0.25, 0.3) is 0 Å². The third-order valence-corrected chi connectivity index (χ3v) is 4.34. The SMILES string of the molecule is COc1ccc(C(NN)C2CCCCCCC2)cc1F. The first-order valence-corrected chi connectivity index (χ1v) is 7.56. The molecule has 1 unspecified atom stereocenters. The molecule has 1 aromatic rings.